The van der Waals surface area contributed by atoms with Crippen LogP contribution in [0.25, 0.3) is 0 Å². The number of carbonyl (C=O) groups excluding carboxylic acids is 2. The smallest absolute Gasteiger partial charge is 0.410 e. The molecular formula is C15H21NO5. The molecule has 0 aliphatic heterocycles. The SMILES string of the molecule is COCCN(CCC(=O)OC)C(=O)OCc1ccccc1. The Morgan fingerprint density at radius 3 is 2.43 bits per heavy atom. The summed E-state index contributed by atoms with van der Waals surface area (Å²) in [5, 5.41) is 0. The summed E-state index contributed by atoms with van der Waals surface area (Å²) in [6, 6.07) is 9.40. The van der Waals surface area contributed by atoms with Crippen LogP contribution in [0, 0.1) is 0 Å². The molecule has 1 aromatic rings. The van der Waals surface area contributed by atoms with Gasteiger partial charge in [-0.05, 0) is 5.56 Å². The first kappa shape index (κ1) is 17.0. The number of hydrogen-bond acceptors (Lipinski definition) is 5. The van der Waals surface area contributed by atoms with Crippen LogP contribution in [0.5, 0.6) is 0 Å². The summed E-state index contributed by atoms with van der Waals surface area (Å²) < 4.78 is 14.8. The van der Waals surface area contributed by atoms with Crippen molar-refractivity contribution in [1.29, 1.82) is 0 Å². The van der Waals surface area contributed by atoms with Gasteiger partial charge in [0.05, 0.1) is 20.1 Å². The molecule has 0 heterocycles. The number of ether oxygens (including phenoxy) is 3. The summed E-state index contributed by atoms with van der Waals surface area (Å²) in [7, 11) is 2.86. The van der Waals surface area contributed by atoms with Gasteiger partial charge in [-0.1, -0.05) is 30.3 Å². The molecule has 0 bridgehead atoms. The number of carbonyl (C=O) groups is 2. The number of amides is 1. The summed E-state index contributed by atoms with van der Waals surface area (Å²) in [5.41, 5.74) is 0.908. The lowest BCUT2D eigenvalue weighted by molar-refractivity contribution is -0.140. The largest absolute Gasteiger partial charge is 0.469 e. The summed E-state index contributed by atoms with van der Waals surface area (Å²) in [6.07, 6.45) is -0.347. The predicted molar refractivity (Wildman–Crippen MR) is 76.7 cm³/mol. The van der Waals surface area contributed by atoms with Crippen molar-refractivity contribution in [2.75, 3.05) is 33.9 Å². The van der Waals surface area contributed by atoms with Gasteiger partial charge in [-0.15, -0.1) is 0 Å². The lowest BCUT2D eigenvalue weighted by Gasteiger charge is -2.21. The minimum Gasteiger partial charge on any atom is -0.469 e. The molecule has 6 heteroatoms. The molecule has 0 N–H and O–H groups in total. The molecule has 1 rings (SSSR count). The van der Waals surface area contributed by atoms with E-state index in [4.69, 9.17) is 9.47 Å². The number of rotatable bonds is 8. The second kappa shape index (κ2) is 9.77. The molecule has 0 unspecified atom stereocenters. The molecule has 0 radical (unpaired) electrons. The number of benzene rings is 1. The molecule has 6 nitrogen and oxygen atoms in total. The lowest BCUT2D eigenvalue weighted by atomic mass is 10.2. The van der Waals surface area contributed by atoms with Crippen LogP contribution in [0.3, 0.4) is 0 Å². The van der Waals surface area contributed by atoms with Crippen LogP contribution in [-0.4, -0.2) is 50.9 Å². The number of hydrogen-bond donors (Lipinski definition) is 0. The van der Waals surface area contributed by atoms with E-state index < -0.39 is 6.09 Å². The Kier molecular flexibility index (Phi) is 7.89. The van der Waals surface area contributed by atoms with Crippen LogP contribution < -0.4 is 0 Å². The first-order valence-corrected chi connectivity index (χ1v) is 6.68. The van der Waals surface area contributed by atoms with Crippen LogP contribution in [0.1, 0.15) is 12.0 Å². The van der Waals surface area contributed by atoms with Crippen molar-refractivity contribution >= 4 is 12.1 Å². The Balaban J connectivity index is 2.47. The first-order valence-electron chi connectivity index (χ1n) is 6.68. The topological polar surface area (TPSA) is 65.1 Å². The maximum Gasteiger partial charge on any atom is 0.410 e. The van der Waals surface area contributed by atoms with Gasteiger partial charge < -0.3 is 19.1 Å². The van der Waals surface area contributed by atoms with Gasteiger partial charge in [0.25, 0.3) is 0 Å². The highest BCUT2D eigenvalue weighted by Gasteiger charge is 2.16. The van der Waals surface area contributed by atoms with Crippen molar-refractivity contribution in [2.24, 2.45) is 0 Å². The Bertz CT molecular complexity index is 435. The molecule has 0 atom stereocenters. The molecule has 0 saturated heterocycles. The normalized spacial score (nSPS) is 10.0. The number of esters is 1. The van der Waals surface area contributed by atoms with E-state index >= 15 is 0 Å². The summed E-state index contributed by atoms with van der Waals surface area (Å²) in [4.78, 5) is 24.6. The maximum absolute atomic E-state index is 12.0. The van der Waals surface area contributed by atoms with Crippen molar-refractivity contribution in [3.63, 3.8) is 0 Å². The highest BCUT2D eigenvalue weighted by Crippen LogP contribution is 2.04. The van der Waals surface area contributed by atoms with E-state index in [0.29, 0.717) is 13.2 Å². The van der Waals surface area contributed by atoms with Crippen molar-refractivity contribution < 1.29 is 23.8 Å². The van der Waals surface area contributed by atoms with Gasteiger partial charge in [-0.3, -0.25) is 4.79 Å². The fourth-order valence-electron chi connectivity index (χ4n) is 1.63. The van der Waals surface area contributed by atoms with Crippen molar-refractivity contribution in [3.8, 4) is 0 Å². The summed E-state index contributed by atoms with van der Waals surface area (Å²) >= 11 is 0. The van der Waals surface area contributed by atoms with Crippen molar-refractivity contribution in [1.82, 2.24) is 4.90 Å². The van der Waals surface area contributed by atoms with E-state index in [1.807, 2.05) is 30.3 Å². The van der Waals surface area contributed by atoms with Gasteiger partial charge in [-0.2, -0.15) is 0 Å². The minimum absolute atomic E-state index is 0.126. The Morgan fingerprint density at radius 1 is 1.10 bits per heavy atom. The quantitative estimate of drug-likeness (QED) is 0.685. The second-order valence-electron chi connectivity index (χ2n) is 4.35. The van der Waals surface area contributed by atoms with E-state index in [1.165, 1.54) is 12.0 Å². The summed E-state index contributed by atoms with van der Waals surface area (Å²) in [6.45, 7) is 1.17. The molecule has 1 aromatic carbocycles. The van der Waals surface area contributed by atoms with Gasteiger partial charge in [-0.25, -0.2) is 4.79 Å². The van der Waals surface area contributed by atoms with Gasteiger partial charge in [0, 0.05) is 20.2 Å². The highest BCUT2D eigenvalue weighted by atomic mass is 16.6. The number of methoxy groups -OCH3 is 2. The molecule has 0 aliphatic carbocycles. The van der Waals surface area contributed by atoms with E-state index in [0.717, 1.165) is 5.56 Å². The molecule has 21 heavy (non-hydrogen) atoms. The molecule has 116 valence electrons. The monoisotopic (exact) mass is 295 g/mol. The average Bonchev–Trinajstić information content (AvgIpc) is 2.53. The minimum atomic E-state index is -0.472. The molecule has 1 amide bonds. The zero-order chi connectivity index (χ0) is 15.5. The predicted octanol–water partition coefficient (Wildman–Crippen LogP) is 1.83. The Labute approximate surface area is 124 Å². The Morgan fingerprint density at radius 2 is 1.81 bits per heavy atom. The van der Waals surface area contributed by atoms with Gasteiger partial charge in [0.15, 0.2) is 0 Å². The molecule has 0 fully saturated rings. The number of nitrogens with zero attached hydrogens (tertiary/aromatic N) is 1. The van der Waals surface area contributed by atoms with Crippen molar-refractivity contribution in [3.05, 3.63) is 35.9 Å². The summed E-state index contributed by atoms with van der Waals surface area (Å²) in [5.74, 6) is -0.367. The zero-order valence-corrected chi connectivity index (χ0v) is 12.4. The molecular weight excluding hydrogens is 274 g/mol. The van der Waals surface area contributed by atoms with Crippen LogP contribution in [0.4, 0.5) is 4.79 Å². The fraction of sp³-hybridized carbons (Fsp3) is 0.467. The van der Waals surface area contributed by atoms with Crippen LogP contribution >= 0.6 is 0 Å². The molecule has 0 aliphatic rings. The van der Waals surface area contributed by atoms with Crippen LogP contribution in [-0.2, 0) is 25.6 Å². The van der Waals surface area contributed by atoms with Gasteiger partial charge in [0.2, 0.25) is 0 Å². The average molecular weight is 295 g/mol. The van der Waals surface area contributed by atoms with E-state index in [-0.39, 0.29) is 25.5 Å². The van der Waals surface area contributed by atoms with E-state index in [1.54, 1.807) is 7.11 Å². The maximum atomic E-state index is 12.0. The second-order valence-corrected chi connectivity index (χ2v) is 4.35. The van der Waals surface area contributed by atoms with E-state index in [2.05, 4.69) is 4.74 Å². The first-order chi connectivity index (χ1) is 10.2. The Hall–Kier alpha value is -2.08. The molecule has 0 aromatic heterocycles. The zero-order valence-electron chi connectivity index (χ0n) is 12.4. The lowest BCUT2D eigenvalue weighted by Crippen LogP contribution is -2.36. The van der Waals surface area contributed by atoms with Gasteiger partial charge in [0.1, 0.15) is 6.61 Å². The third-order valence-electron chi connectivity index (χ3n) is 2.84. The highest BCUT2D eigenvalue weighted by molar-refractivity contribution is 5.71. The van der Waals surface area contributed by atoms with Gasteiger partial charge >= 0.3 is 12.1 Å². The molecule has 0 saturated carbocycles. The molecule has 0 spiro atoms. The third kappa shape index (κ3) is 6.76. The van der Waals surface area contributed by atoms with Crippen LogP contribution in [0.2, 0.25) is 0 Å². The van der Waals surface area contributed by atoms with E-state index in [9.17, 15) is 9.59 Å². The third-order valence-corrected chi connectivity index (χ3v) is 2.84. The van der Waals surface area contributed by atoms with Crippen molar-refractivity contribution in [2.45, 2.75) is 13.0 Å². The van der Waals surface area contributed by atoms with Crippen LogP contribution in [0.15, 0.2) is 30.3 Å². The fourth-order valence-corrected chi connectivity index (χ4v) is 1.63. The standard InChI is InChI=1S/C15H21NO5/c1-19-11-10-16(9-8-14(17)20-2)15(18)21-12-13-6-4-3-5-7-13/h3-7H,8-12H2,1-2H3.